The maximum Gasteiger partial charge on any atom is 0.0616 e. The summed E-state index contributed by atoms with van der Waals surface area (Å²) in [6.45, 7) is 3.90. The van der Waals surface area contributed by atoms with E-state index in [9.17, 15) is 0 Å². The molecule has 1 unspecified atom stereocenters. The Morgan fingerprint density at radius 2 is 2.14 bits per heavy atom. The molecule has 33 valence electrons. The average molecular weight is 88.5 g/mol. The summed E-state index contributed by atoms with van der Waals surface area (Å²) in [6, 6.07) is 0. The van der Waals surface area contributed by atoms with Gasteiger partial charge in [0.1, 0.15) is 0 Å². The third kappa shape index (κ3) is 2.84. The van der Waals surface area contributed by atoms with Crippen LogP contribution in [0.15, 0.2) is 0 Å². The topological polar surface area (TPSA) is 0 Å². The molecular weight excluding hydrogens is 80.5 g/mol. The predicted molar refractivity (Wildman–Crippen MR) is 35.9 cm³/mol. The summed E-state index contributed by atoms with van der Waals surface area (Å²) < 4.78 is 0. The number of rotatable bonds is 2. The summed E-state index contributed by atoms with van der Waals surface area (Å²) in [5.74, 6) is 0. The minimum atomic E-state index is -0.264. The fourth-order valence-electron chi connectivity index (χ4n) is 0.118. The van der Waals surface area contributed by atoms with Gasteiger partial charge in [-0.05, 0) is 0 Å². The largest absolute Gasteiger partial charge is 0.103 e. The van der Waals surface area contributed by atoms with Crippen molar-refractivity contribution in [3.05, 3.63) is 0 Å². The number of hydrogen-bond acceptors (Lipinski definition) is 0. The van der Waals surface area contributed by atoms with Crippen molar-refractivity contribution in [2.45, 2.75) is 25.5 Å². The van der Waals surface area contributed by atoms with Crippen LogP contribution in [0.1, 0.15) is 20.3 Å². The molecule has 0 aliphatic carbocycles. The normalized spacial score (nSPS) is 18.0. The Morgan fingerprint density at radius 1 is 1.71 bits per heavy atom. The molecule has 0 saturated heterocycles. The van der Waals surface area contributed by atoms with Crippen LogP contribution < -0.4 is 0 Å². The Balaban J connectivity index is 3.36. The van der Waals surface area contributed by atoms with Crippen molar-refractivity contribution in [1.82, 2.24) is 0 Å². The molecule has 0 heterocycles. The van der Waals surface area contributed by atoms with Crippen LogP contribution in [0.5, 0.6) is 0 Å². The molecule has 0 aliphatic heterocycles. The lowest BCUT2D eigenvalue weighted by molar-refractivity contribution is 0.800. The molecule has 0 bridgehead atoms. The minimum Gasteiger partial charge on any atom is -0.103 e. The van der Waals surface area contributed by atoms with Crippen molar-refractivity contribution in [2.24, 2.45) is 0 Å². The monoisotopic (exact) mass is 89.1 g/mol. The number of hydrogen-bond donors (Lipinski definition) is 0. The molecular formula is C4H8B3. The SMILES string of the molecule is [B][B]C([B])(C)CC. The van der Waals surface area contributed by atoms with Crippen LogP contribution in [-0.2, 0) is 0 Å². The van der Waals surface area contributed by atoms with Gasteiger partial charge in [-0.15, -0.1) is 5.21 Å². The Morgan fingerprint density at radius 3 is 2.14 bits per heavy atom. The Bertz CT molecular complexity index is 44.9. The van der Waals surface area contributed by atoms with E-state index in [1.807, 2.05) is 13.8 Å². The van der Waals surface area contributed by atoms with Gasteiger partial charge in [0.15, 0.2) is 0 Å². The first-order valence-electron chi connectivity index (χ1n) is 2.47. The Hall–Kier alpha value is 0.195. The molecule has 5 radical (unpaired) electrons. The molecule has 0 fully saturated rings. The first-order chi connectivity index (χ1) is 3.12. The van der Waals surface area contributed by atoms with E-state index in [1.54, 1.807) is 0 Å². The Kier molecular flexibility index (Phi) is 2.56. The van der Waals surface area contributed by atoms with E-state index in [-0.39, 0.29) is 5.21 Å². The lowest BCUT2D eigenvalue weighted by atomic mass is 9.32. The van der Waals surface area contributed by atoms with Crippen LogP contribution in [0.3, 0.4) is 0 Å². The second kappa shape index (κ2) is 2.49. The predicted octanol–water partition coefficient (Wildman–Crippen LogP) is 0.489. The molecule has 0 aromatic heterocycles. The van der Waals surface area contributed by atoms with Gasteiger partial charge in [-0.2, -0.15) is 0 Å². The second-order valence-corrected chi connectivity index (χ2v) is 2.03. The van der Waals surface area contributed by atoms with Gasteiger partial charge in [0, 0.05) is 7.74 Å². The molecule has 1 atom stereocenters. The van der Waals surface area contributed by atoms with Gasteiger partial charge in [0.2, 0.25) is 0 Å². The zero-order valence-electron chi connectivity index (χ0n) is 4.94. The van der Waals surface area contributed by atoms with E-state index < -0.39 is 0 Å². The highest BCUT2D eigenvalue weighted by Crippen LogP contribution is 2.19. The van der Waals surface area contributed by atoms with Gasteiger partial charge in [-0.25, -0.2) is 0 Å². The van der Waals surface area contributed by atoms with Crippen LogP contribution in [-0.4, -0.2) is 22.8 Å². The van der Waals surface area contributed by atoms with Crippen molar-refractivity contribution < 1.29 is 0 Å². The molecule has 7 heavy (non-hydrogen) atoms. The second-order valence-electron chi connectivity index (χ2n) is 2.03. The molecule has 0 rings (SSSR count). The molecule has 0 nitrogen and oxygen atoms in total. The zero-order valence-corrected chi connectivity index (χ0v) is 4.94. The van der Waals surface area contributed by atoms with Gasteiger partial charge in [0.05, 0.1) is 15.0 Å². The van der Waals surface area contributed by atoms with Crippen LogP contribution in [0.2, 0.25) is 5.21 Å². The summed E-state index contributed by atoms with van der Waals surface area (Å²) in [4.78, 5) is 0. The third-order valence-electron chi connectivity index (χ3n) is 1.14. The molecule has 0 amide bonds. The van der Waals surface area contributed by atoms with E-state index in [2.05, 4.69) is 0 Å². The van der Waals surface area contributed by atoms with Crippen molar-refractivity contribution in [3.63, 3.8) is 0 Å². The molecule has 0 aromatic rings. The van der Waals surface area contributed by atoms with Gasteiger partial charge < -0.3 is 0 Å². The van der Waals surface area contributed by atoms with Crippen LogP contribution >= 0.6 is 0 Å². The fraction of sp³-hybridized carbons (Fsp3) is 1.00. The minimum absolute atomic E-state index is 0.264. The van der Waals surface area contributed by atoms with Gasteiger partial charge >= 0.3 is 0 Å². The van der Waals surface area contributed by atoms with Gasteiger partial charge in [-0.3, -0.25) is 0 Å². The summed E-state index contributed by atoms with van der Waals surface area (Å²) in [6.07, 6.45) is 0.892. The molecule has 0 spiro atoms. The maximum atomic E-state index is 5.53. The summed E-state index contributed by atoms with van der Waals surface area (Å²) in [5.41, 5.74) is 0. The van der Waals surface area contributed by atoms with Gasteiger partial charge in [0.25, 0.3) is 0 Å². The molecule has 3 heteroatoms. The van der Waals surface area contributed by atoms with E-state index in [1.165, 1.54) is 7.17 Å². The first-order valence-corrected chi connectivity index (χ1v) is 2.47. The van der Waals surface area contributed by atoms with Crippen LogP contribution in [0, 0.1) is 0 Å². The lowest BCUT2D eigenvalue weighted by Gasteiger charge is -2.19. The summed E-state index contributed by atoms with van der Waals surface area (Å²) in [7, 11) is 12.2. The average Bonchev–Trinajstić information content (AvgIpc) is 1.68. The quantitative estimate of drug-likeness (QED) is 0.431. The van der Waals surface area contributed by atoms with Crippen molar-refractivity contribution in [3.8, 4) is 0 Å². The standard InChI is InChI=1S/C4H8B3/c1-3-4(2,5)7-6/h3H2,1-2H3. The highest BCUT2D eigenvalue weighted by molar-refractivity contribution is 6.94. The molecule has 0 aromatic carbocycles. The van der Waals surface area contributed by atoms with Crippen LogP contribution in [0.4, 0.5) is 0 Å². The highest BCUT2D eigenvalue weighted by atomic mass is 13.9. The smallest absolute Gasteiger partial charge is 0.0616 e. The highest BCUT2D eigenvalue weighted by Gasteiger charge is 2.09. The van der Waals surface area contributed by atoms with E-state index >= 15 is 0 Å². The maximum absolute atomic E-state index is 5.53. The molecule has 0 N–H and O–H groups in total. The Labute approximate surface area is 49.1 Å². The van der Waals surface area contributed by atoms with E-state index in [0.29, 0.717) is 0 Å². The molecule has 0 saturated carbocycles. The van der Waals surface area contributed by atoms with Crippen LogP contribution in [0.25, 0.3) is 0 Å². The zero-order chi connectivity index (χ0) is 5.91. The van der Waals surface area contributed by atoms with Crippen molar-refractivity contribution in [2.75, 3.05) is 0 Å². The lowest BCUT2D eigenvalue weighted by Crippen LogP contribution is -2.15. The third-order valence-corrected chi connectivity index (χ3v) is 1.14. The van der Waals surface area contributed by atoms with Crippen molar-refractivity contribution in [1.29, 1.82) is 0 Å². The molecule has 0 aliphatic rings. The first kappa shape index (κ1) is 7.19. The summed E-state index contributed by atoms with van der Waals surface area (Å²) in [5, 5.41) is -0.264. The van der Waals surface area contributed by atoms with Gasteiger partial charge in [-0.1, -0.05) is 20.3 Å². The van der Waals surface area contributed by atoms with E-state index in [4.69, 9.17) is 15.6 Å². The summed E-state index contributed by atoms with van der Waals surface area (Å²) >= 11 is 0. The fourth-order valence-corrected chi connectivity index (χ4v) is 0.118. The van der Waals surface area contributed by atoms with Crippen molar-refractivity contribution >= 4 is 22.8 Å². The van der Waals surface area contributed by atoms with E-state index in [0.717, 1.165) is 6.42 Å².